The Labute approximate surface area is 137 Å². The molecule has 1 aromatic rings. The first kappa shape index (κ1) is 8.94. The van der Waals surface area contributed by atoms with E-state index in [4.69, 9.17) is 15.0 Å². The highest BCUT2D eigenvalue weighted by molar-refractivity contribution is 5.62. The van der Waals surface area contributed by atoms with E-state index in [1.165, 1.54) is 13.2 Å². The number of hydrogen-bond donors (Lipinski definition) is 1. The quantitative estimate of drug-likeness (QED) is 0.799. The summed E-state index contributed by atoms with van der Waals surface area (Å²) in [4.78, 5) is 1.81. The molecule has 4 nitrogen and oxygen atoms in total. The van der Waals surface area contributed by atoms with Gasteiger partial charge in [0.25, 0.3) is 0 Å². The molecule has 1 aromatic carbocycles. The van der Waals surface area contributed by atoms with Crippen LogP contribution in [0.25, 0.3) is 0 Å². The SMILES string of the molecule is [2H]C1([2H])c2ccc(OC)c3c2[C@]24CCN(C)[C@H]1[C@]2([2H])C=CC([2H])(O)C4([2H])O3. The Morgan fingerprint density at radius 3 is 3.18 bits per heavy atom. The molecule has 1 spiro atoms. The van der Waals surface area contributed by atoms with Gasteiger partial charge in [0.2, 0.25) is 0 Å². The van der Waals surface area contributed by atoms with Crippen molar-refractivity contribution in [3.8, 4) is 11.5 Å². The minimum atomic E-state index is -2.39. The molecule has 2 heterocycles. The first-order chi connectivity index (χ1) is 12.5. The molecule has 2 aliphatic carbocycles. The predicted molar refractivity (Wildman–Crippen MR) is 82.5 cm³/mol. The third-order valence-corrected chi connectivity index (χ3v) is 5.37. The molecule has 2 unspecified atom stereocenters. The second-order valence-electron chi connectivity index (χ2n) is 6.31. The summed E-state index contributed by atoms with van der Waals surface area (Å²) < 4.78 is 56.0. The molecule has 2 aliphatic heterocycles. The lowest BCUT2D eigenvalue weighted by molar-refractivity contribution is -0.0453. The van der Waals surface area contributed by atoms with E-state index >= 15 is 0 Å². The number of benzene rings is 1. The van der Waals surface area contributed by atoms with Crippen molar-refractivity contribution in [3.05, 3.63) is 35.4 Å². The van der Waals surface area contributed by atoms with Crippen molar-refractivity contribution in [1.82, 2.24) is 4.90 Å². The number of methoxy groups -OCH3 is 1. The van der Waals surface area contributed by atoms with Crippen LogP contribution in [0, 0.1) is 5.89 Å². The van der Waals surface area contributed by atoms with Gasteiger partial charge in [-0.2, -0.15) is 0 Å². The van der Waals surface area contributed by atoms with Crippen LogP contribution in [0.5, 0.6) is 11.5 Å². The Kier molecular flexibility index (Phi) is 1.65. The zero-order valence-corrected chi connectivity index (χ0v) is 12.5. The van der Waals surface area contributed by atoms with Gasteiger partial charge in [-0.05, 0) is 38.0 Å². The Hall–Kier alpha value is -1.52. The van der Waals surface area contributed by atoms with Crippen molar-refractivity contribution in [2.45, 2.75) is 36.4 Å². The van der Waals surface area contributed by atoms with Crippen LogP contribution >= 0.6 is 0 Å². The van der Waals surface area contributed by atoms with Gasteiger partial charge in [-0.25, -0.2) is 0 Å². The zero-order chi connectivity index (χ0) is 19.6. The van der Waals surface area contributed by atoms with Crippen LogP contribution in [0.15, 0.2) is 24.3 Å². The fourth-order valence-electron chi connectivity index (χ4n) is 4.36. The van der Waals surface area contributed by atoms with E-state index in [0.717, 1.165) is 6.08 Å². The molecule has 0 aromatic heterocycles. The van der Waals surface area contributed by atoms with Crippen LogP contribution in [0.2, 0.25) is 0 Å². The maximum absolute atomic E-state index is 10.8. The van der Waals surface area contributed by atoms with Gasteiger partial charge in [-0.1, -0.05) is 18.2 Å². The summed E-state index contributed by atoms with van der Waals surface area (Å²) in [6, 6.07) is 2.33. The highest BCUT2D eigenvalue weighted by Crippen LogP contribution is 2.62. The monoisotopic (exact) mass is 304 g/mol. The minimum absolute atomic E-state index is 0.169. The van der Waals surface area contributed by atoms with E-state index in [2.05, 4.69) is 0 Å². The van der Waals surface area contributed by atoms with Gasteiger partial charge in [-0.3, -0.25) is 0 Å². The third-order valence-electron chi connectivity index (χ3n) is 5.37. The fraction of sp³-hybridized carbons (Fsp3) is 0.556. The molecular formula is C18H21NO3. The molecule has 4 aliphatic rings. The van der Waals surface area contributed by atoms with Gasteiger partial charge >= 0.3 is 0 Å². The summed E-state index contributed by atoms with van der Waals surface area (Å²) in [5.74, 6) is -1.10. The van der Waals surface area contributed by atoms with Gasteiger partial charge in [0.15, 0.2) is 11.5 Å². The fourth-order valence-corrected chi connectivity index (χ4v) is 4.36. The molecule has 0 amide bonds. The lowest BCUT2D eigenvalue weighted by Gasteiger charge is -2.56. The summed E-state index contributed by atoms with van der Waals surface area (Å²) in [5, 5.41) is 10.8. The smallest absolute Gasteiger partial charge is 0.165 e. The van der Waals surface area contributed by atoms with E-state index in [1.54, 1.807) is 19.2 Å². The van der Waals surface area contributed by atoms with Crippen LogP contribution in [0.1, 0.15) is 24.4 Å². The second-order valence-corrected chi connectivity index (χ2v) is 6.31. The molecule has 4 heteroatoms. The van der Waals surface area contributed by atoms with Crippen molar-refractivity contribution in [2.24, 2.45) is 5.89 Å². The average molecular weight is 304 g/mol. The van der Waals surface area contributed by atoms with Crippen molar-refractivity contribution < 1.29 is 21.4 Å². The molecule has 116 valence electrons. The molecular weight excluding hydrogens is 278 g/mol. The summed E-state index contributed by atoms with van der Waals surface area (Å²) in [6.07, 6.45) is -3.64. The van der Waals surface area contributed by atoms with Gasteiger partial charge in [0, 0.05) is 27.0 Å². The van der Waals surface area contributed by atoms with Crippen LogP contribution in [-0.2, 0) is 11.8 Å². The van der Waals surface area contributed by atoms with Gasteiger partial charge < -0.3 is 19.5 Å². The summed E-state index contributed by atoms with van der Waals surface area (Å²) >= 11 is 0. The largest absolute Gasteiger partial charge is 0.493 e. The first-order valence-corrected chi connectivity index (χ1v) is 7.52. The van der Waals surface area contributed by atoms with Crippen molar-refractivity contribution in [2.75, 3.05) is 20.7 Å². The number of ether oxygens (including phenoxy) is 2. The minimum Gasteiger partial charge on any atom is -0.493 e. The Morgan fingerprint density at radius 1 is 1.50 bits per heavy atom. The Balaban J connectivity index is 1.99. The van der Waals surface area contributed by atoms with Crippen LogP contribution in [-0.4, -0.2) is 48.9 Å². The van der Waals surface area contributed by atoms with Gasteiger partial charge in [0.1, 0.15) is 12.2 Å². The van der Waals surface area contributed by atoms with E-state index < -0.39 is 35.9 Å². The topological polar surface area (TPSA) is 41.9 Å². The maximum Gasteiger partial charge on any atom is 0.165 e. The Morgan fingerprint density at radius 2 is 2.36 bits per heavy atom. The van der Waals surface area contributed by atoms with Gasteiger partial charge in [0.05, 0.1) is 9.85 Å². The molecule has 5 rings (SSSR count). The summed E-state index contributed by atoms with van der Waals surface area (Å²) in [5.41, 5.74) is -0.637. The number of likely N-dealkylation sites (tertiary alicyclic amines) is 1. The van der Waals surface area contributed by atoms with Crippen LogP contribution in [0.4, 0.5) is 0 Å². The first-order valence-electron chi connectivity index (χ1n) is 10.0. The van der Waals surface area contributed by atoms with Gasteiger partial charge in [-0.15, -0.1) is 0 Å². The second kappa shape index (κ2) is 4.06. The Bertz CT molecular complexity index is 905. The highest BCUT2D eigenvalue weighted by Gasteiger charge is 2.64. The van der Waals surface area contributed by atoms with E-state index in [-0.39, 0.29) is 5.75 Å². The lowest BCUT2D eigenvalue weighted by Crippen LogP contribution is -2.64. The number of aliphatic hydroxyl groups is 1. The van der Waals surface area contributed by atoms with Crippen molar-refractivity contribution in [3.63, 3.8) is 0 Å². The predicted octanol–water partition coefficient (Wildman–Crippen LogP) is 1.50. The molecule has 0 radical (unpaired) electrons. The zero-order valence-electron chi connectivity index (χ0n) is 17.5. The summed E-state index contributed by atoms with van der Waals surface area (Å²) in [7, 11) is 3.23. The van der Waals surface area contributed by atoms with E-state index in [1.807, 2.05) is 4.90 Å². The summed E-state index contributed by atoms with van der Waals surface area (Å²) in [6.45, 7) is 0.425. The van der Waals surface area contributed by atoms with E-state index in [9.17, 15) is 6.48 Å². The van der Waals surface area contributed by atoms with Crippen molar-refractivity contribution >= 4 is 0 Å². The number of hydrogen-bond acceptors (Lipinski definition) is 4. The number of rotatable bonds is 1. The van der Waals surface area contributed by atoms with Crippen LogP contribution in [0.3, 0.4) is 0 Å². The molecule has 0 saturated carbocycles. The van der Waals surface area contributed by atoms with Crippen LogP contribution < -0.4 is 9.47 Å². The molecule has 1 fully saturated rings. The third kappa shape index (κ3) is 1.28. The molecule has 2 bridgehead atoms. The molecule has 1 saturated heterocycles. The number of nitrogens with zero attached hydrogens (tertiary/aromatic N) is 1. The highest BCUT2D eigenvalue weighted by atomic mass is 16.5. The molecule has 5 atom stereocenters. The average Bonchev–Trinajstić information content (AvgIpc) is 2.86. The number of likely N-dealkylation sites (N-methyl/N-ethyl adjacent to an activating group) is 1. The maximum atomic E-state index is 10.8. The number of piperidine rings is 1. The van der Waals surface area contributed by atoms with Crippen molar-refractivity contribution in [1.29, 1.82) is 0 Å². The molecule has 22 heavy (non-hydrogen) atoms. The molecule has 1 N–H and O–H groups in total. The normalized spacial score (nSPS) is 56.7. The standard InChI is InChI=1S/C18H21NO3/c1-19-8-7-18-11-4-5-13(20)17(18)22-16-14(21-2)6-3-10(15(16)18)9-12(11)19/h3-6,11-13,17,20H,7-9H2,1-2H3/t11-,12+,13?,17?,18-/m0/s1/i9D2,11D,13D,17D. The van der Waals surface area contributed by atoms with E-state index in [0.29, 0.717) is 29.8 Å². The lowest BCUT2D eigenvalue weighted by atomic mass is 9.53.